The first kappa shape index (κ1) is 12.5. The number of aliphatic imine (C=N–C) groups is 1. The van der Waals surface area contributed by atoms with E-state index in [4.69, 9.17) is 0 Å². The highest BCUT2D eigenvalue weighted by molar-refractivity contribution is 8.18. The molecule has 0 aliphatic carbocycles. The van der Waals surface area contributed by atoms with Crippen LogP contribution in [0.4, 0.5) is 0 Å². The van der Waals surface area contributed by atoms with Crippen molar-refractivity contribution in [3.05, 3.63) is 40.8 Å². The van der Waals surface area contributed by atoms with Crippen molar-refractivity contribution in [1.29, 1.82) is 0 Å². The van der Waals surface area contributed by atoms with Crippen LogP contribution in [0, 0.1) is 0 Å². The zero-order chi connectivity index (χ0) is 13.1. The van der Waals surface area contributed by atoms with Gasteiger partial charge in [0.1, 0.15) is 0 Å². The van der Waals surface area contributed by atoms with Crippen LogP contribution >= 0.6 is 11.8 Å². The average Bonchev–Trinajstić information content (AvgIpc) is 2.82. The molecule has 0 atom stereocenters. The second-order valence-electron chi connectivity index (χ2n) is 4.77. The number of thioether (sulfide) groups is 1. The van der Waals surface area contributed by atoms with E-state index in [9.17, 15) is 4.79 Å². The molecule has 0 radical (unpaired) electrons. The Kier molecular flexibility index (Phi) is 3.69. The van der Waals surface area contributed by atoms with Gasteiger partial charge in [-0.05, 0) is 42.7 Å². The highest BCUT2D eigenvalue weighted by Gasteiger charge is 2.26. The van der Waals surface area contributed by atoms with Gasteiger partial charge in [0, 0.05) is 13.1 Å². The van der Waals surface area contributed by atoms with E-state index in [1.807, 2.05) is 36.4 Å². The minimum absolute atomic E-state index is 0.102. The van der Waals surface area contributed by atoms with Gasteiger partial charge in [-0.3, -0.25) is 4.79 Å². The predicted octanol–water partition coefficient (Wildman–Crippen LogP) is 3.14. The minimum atomic E-state index is -0.102. The van der Waals surface area contributed by atoms with Crippen molar-refractivity contribution in [3.63, 3.8) is 0 Å². The van der Waals surface area contributed by atoms with Gasteiger partial charge in [-0.1, -0.05) is 30.3 Å². The van der Waals surface area contributed by atoms with Crippen molar-refractivity contribution in [2.45, 2.75) is 19.3 Å². The van der Waals surface area contributed by atoms with E-state index < -0.39 is 0 Å². The molecule has 2 aliphatic rings. The molecule has 1 aromatic carbocycles. The Balaban J connectivity index is 1.74. The Morgan fingerprint density at radius 3 is 2.58 bits per heavy atom. The summed E-state index contributed by atoms with van der Waals surface area (Å²) in [5.41, 5.74) is 1.05. The third kappa shape index (κ3) is 2.89. The Bertz CT molecular complexity index is 530. The monoisotopic (exact) mass is 272 g/mol. The third-order valence-electron chi connectivity index (χ3n) is 3.33. The van der Waals surface area contributed by atoms with Crippen LogP contribution in [-0.4, -0.2) is 29.1 Å². The van der Waals surface area contributed by atoms with Crippen LogP contribution in [0.5, 0.6) is 0 Å². The van der Waals surface area contributed by atoms with Crippen molar-refractivity contribution < 1.29 is 4.79 Å². The molecule has 1 fully saturated rings. The third-order valence-corrected chi connectivity index (χ3v) is 4.38. The lowest BCUT2D eigenvalue weighted by atomic mass is 10.1. The van der Waals surface area contributed by atoms with Gasteiger partial charge in [0.05, 0.1) is 4.91 Å². The predicted molar refractivity (Wildman–Crippen MR) is 79.9 cm³/mol. The van der Waals surface area contributed by atoms with Crippen molar-refractivity contribution >= 4 is 28.9 Å². The van der Waals surface area contributed by atoms with Crippen LogP contribution in [0.2, 0.25) is 0 Å². The largest absolute Gasteiger partial charge is 0.351 e. The normalized spacial score (nSPS) is 21.9. The summed E-state index contributed by atoms with van der Waals surface area (Å²) in [6, 6.07) is 9.92. The lowest BCUT2D eigenvalue weighted by Crippen LogP contribution is -2.33. The minimum Gasteiger partial charge on any atom is -0.351 e. The number of likely N-dealkylation sites (tertiary alicyclic amines) is 1. The SMILES string of the molecule is O=C1N=C(N2CCCCC2)S/C1=C\c1ccccc1. The number of hydrogen-bond acceptors (Lipinski definition) is 3. The van der Waals surface area contributed by atoms with Crippen LogP contribution in [0.25, 0.3) is 6.08 Å². The first-order valence-corrected chi connectivity index (χ1v) is 7.47. The lowest BCUT2D eigenvalue weighted by molar-refractivity contribution is -0.113. The second kappa shape index (κ2) is 5.61. The molecule has 1 aromatic rings. The van der Waals surface area contributed by atoms with Gasteiger partial charge < -0.3 is 4.90 Å². The second-order valence-corrected chi connectivity index (χ2v) is 5.78. The molecule has 0 aromatic heterocycles. The summed E-state index contributed by atoms with van der Waals surface area (Å²) in [6.07, 6.45) is 5.61. The lowest BCUT2D eigenvalue weighted by Gasteiger charge is -2.27. The number of carbonyl (C=O) groups is 1. The number of piperidine rings is 1. The summed E-state index contributed by atoms with van der Waals surface area (Å²) in [5, 5.41) is 0.881. The fourth-order valence-electron chi connectivity index (χ4n) is 2.32. The van der Waals surface area contributed by atoms with Crippen molar-refractivity contribution in [2.24, 2.45) is 4.99 Å². The smallest absolute Gasteiger partial charge is 0.286 e. The fraction of sp³-hybridized carbons (Fsp3) is 0.333. The Morgan fingerprint density at radius 1 is 1.11 bits per heavy atom. The molecule has 1 amide bonds. The number of rotatable bonds is 1. The van der Waals surface area contributed by atoms with Gasteiger partial charge in [0.2, 0.25) is 0 Å². The average molecular weight is 272 g/mol. The van der Waals surface area contributed by atoms with E-state index in [-0.39, 0.29) is 5.91 Å². The molecule has 0 saturated carbocycles. The fourth-order valence-corrected chi connectivity index (χ4v) is 3.28. The molecule has 19 heavy (non-hydrogen) atoms. The van der Waals surface area contributed by atoms with Crippen molar-refractivity contribution in [2.75, 3.05) is 13.1 Å². The molecular formula is C15H16N2OS. The summed E-state index contributed by atoms with van der Waals surface area (Å²) in [5.74, 6) is -0.102. The number of benzene rings is 1. The number of amides is 1. The van der Waals surface area contributed by atoms with E-state index in [0.717, 1.165) is 28.7 Å². The molecule has 0 spiro atoms. The van der Waals surface area contributed by atoms with Crippen molar-refractivity contribution in [1.82, 2.24) is 4.90 Å². The van der Waals surface area contributed by atoms with Gasteiger partial charge in [0.25, 0.3) is 5.91 Å². The molecule has 4 heteroatoms. The van der Waals surface area contributed by atoms with Crippen LogP contribution in [0.15, 0.2) is 40.2 Å². The van der Waals surface area contributed by atoms with Crippen molar-refractivity contribution in [3.8, 4) is 0 Å². The zero-order valence-electron chi connectivity index (χ0n) is 10.7. The van der Waals surface area contributed by atoms with Crippen LogP contribution in [0.1, 0.15) is 24.8 Å². The zero-order valence-corrected chi connectivity index (χ0v) is 11.5. The number of hydrogen-bond donors (Lipinski definition) is 0. The van der Waals surface area contributed by atoms with Crippen LogP contribution in [-0.2, 0) is 4.79 Å². The molecule has 3 rings (SSSR count). The molecule has 0 bridgehead atoms. The maximum absolute atomic E-state index is 11.9. The molecular weight excluding hydrogens is 256 g/mol. The van der Waals surface area contributed by atoms with Crippen LogP contribution in [0.3, 0.4) is 0 Å². The highest BCUT2D eigenvalue weighted by atomic mass is 32.2. The standard InChI is InChI=1S/C15H16N2OS/c18-14-13(11-12-7-3-1-4-8-12)19-15(16-14)17-9-5-2-6-10-17/h1,3-4,7-8,11H,2,5-6,9-10H2/b13-11-. The Morgan fingerprint density at radius 2 is 1.84 bits per heavy atom. The summed E-state index contributed by atoms with van der Waals surface area (Å²) in [7, 11) is 0. The summed E-state index contributed by atoms with van der Waals surface area (Å²) < 4.78 is 0. The Hall–Kier alpha value is -1.55. The summed E-state index contributed by atoms with van der Waals surface area (Å²) >= 11 is 1.51. The maximum atomic E-state index is 11.9. The summed E-state index contributed by atoms with van der Waals surface area (Å²) in [4.78, 5) is 19.1. The van der Waals surface area contributed by atoms with Crippen LogP contribution < -0.4 is 0 Å². The molecule has 0 unspecified atom stereocenters. The molecule has 1 saturated heterocycles. The van der Waals surface area contributed by atoms with Gasteiger partial charge in [-0.25, -0.2) is 0 Å². The van der Waals surface area contributed by atoms with Gasteiger partial charge >= 0.3 is 0 Å². The van der Waals surface area contributed by atoms with E-state index in [0.29, 0.717) is 0 Å². The maximum Gasteiger partial charge on any atom is 0.286 e. The molecule has 2 heterocycles. The van der Waals surface area contributed by atoms with E-state index >= 15 is 0 Å². The number of nitrogens with zero attached hydrogens (tertiary/aromatic N) is 2. The topological polar surface area (TPSA) is 32.7 Å². The van der Waals surface area contributed by atoms with Gasteiger partial charge in [0.15, 0.2) is 5.17 Å². The molecule has 2 aliphatic heterocycles. The molecule has 98 valence electrons. The quantitative estimate of drug-likeness (QED) is 0.736. The first-order valence-electron chi connectivity index (χ1n) is 6.65. The number of carbonyl (C=O) groups excluding carboxylic acids is 1. The van der Waals surface area contributed by atoms with E-state index in [1.165, 1.54) is 31.0 Å². The van der Waals surface area contributed by atoms with E-state index in [1.54, 1.807) is 0 Å². The number of amidine groups is 1. The highest BCUT2D eigenvalue weighted by Crippen LogP contribution is 2.31. The Labute approximate surface area is 117 Å². The van der Waals surface area contributed by atoms with Gasteiger partial charge in [-0.15, -0.1) is 0 Å². The molecule has 0 N–H and O–H groups in total. The summed E-state index contributed by atoms with van der Waals surface area (Å²) in [6.45, 7) is 2.05. The van der Waals surface area contributed by atoms with E-state index in [2.05, 4.69) is 9.89 Å². The van der Waals surface area contributed by atoms with Gasteiger partial charge in [-0.2, -0.15) is 4.99 Å². The molecule has 3 nitrogen and oxygen atoms in total. The first-order chi connectivity index (χ1) is 9.33.